The van der Waals surface area contributed by atoms with E-state index in [1.165, 1.54) is 10.8 Å². The highest BCUT2D eigenvalue weighted by molar-refractivity contribution is 8.13. The summed E-state index contributed by atoms with van der Waals surface area (Å²) in [5.41, 5.74) is 0. The molecule has 0 saturated carbocycles. The summed E-state index contributed by atoms with van der Waals surface area (Å²) in [4.78, 5) is 15.8. The predicted molar refractivity (Wildman–Crippen MR) is 72.6 cm³/mol. The summed E-state index contributed by atoms with van der Waals surface area (Å²) in [6.07, 6.45) is 3.33. The molecule has 0 aromatic carbocycles. The van der Waals surface area contributed by atoms with Crippen molar-refractivity contribution >= 4 is 25.6 Å². The minimum atomic E-state index is -3.90. The predicted octanol–water partition coefficient (Wildman–Crippen LogP) is 1.24. The SMILES string of the molecule is C=CCNC(=O)C(C)n1cc(S(=O)(=O)Cl)nc1CC. The molecule has 1 atom stereocenters. The van der Waals surface area contributed by atoms with Gasteiger partial charge in [-0.3, -0.25) is 4.79 Å². The molecule has 1 rings (SSSR count). The Morgan fingerprint density at radius 2 is 2.32 bits per heavy atom. The number of rotatable bonds is 6. The summed E-state index contributed by atoms with van der Waals surface area (Å²) in [6, 6.07) is -0.574. The van der Waals surface area contributed by atoms with E-state index in [0.717, 1.165) is 0 Å². The zero-order chi connectivity index (χ0) is 14.6. The average molecular weight is 306 g/mol. The van der Waals surface area contributed by atoms with Crippen molar-refractivity contribution in [2.24, 2.45) is 0 Å². The number of aryl methyl sites for hydroxylation is 1. The summed E-state index contributed by atoms with van der Waals surface area (Å²) in [7, 11) is 1.35. The third-order valence-corrected chi connectivity index (χ3v) is 3.74. The highest BCUT2D eigenvalue weighted by Crippen LogP contribution is 2.18. The maximum atomic E-state index is 11.8. The summed E-state index contributed by atoms with van der Waals surface area (Å²) < 4.78 is 24.0. The molecule has 1 aromatic rings. The number of halogens is 1. The van der Waals surface area contributed by atoms with Gasteiger partial charge < -0.3 is 9.88 Å². The number of carbonyl (C=O) groups excluding carboxylic acids is 1. The molecule has 0 spiro atoms. The lowest BCUT2D eigenvalue weighted by atomic mass is 10.3. The van der Waals surface area contributed by atoms with Gasteiger partial charge in [0.25, 0.3) is 9.05 Å². The first-order valence-electron chi connectivity index (χ1n) is 5.72. The van der Waals surface area contributed by atoms with Crippen molar-refractivity contribution in [1.29, 1.82) is 0 Å². The van der Waals surface area contributed by atoms with Crippen LogP contribution in [0, 0.1) is 0 Å². The standard InChI is InChI=1S/C11H16ClN3O3S/c1-4-6-13-11(16)8(3)15-7-10(19(12,17)18)14-9(15)5-2/h4,7-8H,1,5-6H2,2-3H3,(H,13,16). The number of aromatic nitrogens is 2. The zero-order valence-corrected chi connectivity index (χ0v) is 12.3. The summed E-state index contributed by atoms with van der Waals surface area (Å²) in [6.45, 7) is 7.33. The van der Waals surface area contributed by atoms with Gasteiger partial charge in [0.15, 0.2) is 5.03 Å². The van der Waals surface area contributed by atoms with Crippen LogP contribution < -0.4 is 5.32 Å². The Morgan fingerprint density at radius 3 is 2.79 bits per heavy atom. The molecule has 6 nitrogen and oxygen atoms in total. The van der Waals surface area contributed by atoms with Gasteiger partial charge >= 0.3 is 0 Å². The molecule has 1 unspecified atom stereocenters. The van der Waals surface area contributed by atoms with Crippen LogP contribution in [0.15, 0.2) is 23.9 Å². The molecule has 0 saturated heterocycles. The highest BCUT2D eigenvalue weighted by atomic mass is 35.7. The van der Waals surface area contributed by atoms with E-state index in [4.69, 9.17) is 10.7 Å². The Kier molecular flexibility index (Phi) is 5.13. The molecule has 0 aliphatic rings. The second-order valence-electron chi connectivity index (χ2n) is 3.90. The molecule has 1 aromatic heterocycles. The highest BCUT2D eigenvalue weighted by Gasteiger charge is 2.22. The number of amides is 1. The van der Waals surface area contributed by atoms with Gasteiger partial charge in [0.2, 0.25) is 5.91 Å². The van der Waals surface area contributed by atoms with E-state index >= 15 is 0 Å². The van der Waals surface area contributed by atoms with Crippen LogP contribution in [0.1, 0.15) is 25.7 Å². The molecule has 1 N–H and O–H groups in total. The van der Waals surface area contributed by atoms with Gasteiger partial charge in [-0.1, -0.05) is 13.0 Å². The van der Waals surface area contributed by atoms with Crippen LogP contribution >= 0.6 is 10.7 Å². The molecule has 1 amide bonds. The smallest absolute Gasteiger partial charge is 0.280 e. The Morgan fingerprint density at radius 1 is 1.68 bits per heavy atom. The van der Waals surface area contributed by atoms with Crippen LogP contribution in [0.3, 0.4) is 0 Å². The minimum absolute atomic E-state index is 0.241. The van der Waals surface area contributed by atoms with Gasteiger partial charge in [0, 0.05) is 29.8 Å². The second kappa shape index (κ2) is 6.21. The topological polar surface area (TPSA) is 81.1 Å². The molecular weight excluding hydrogens is 290 g/mol. The van der Waals surface area contributed by atoms with Crippen LogP contribution in [-0.4, -0.2) is 30.4 Å². The third-order valence-electron chi connectivity index (χ3n) is 2.57. The van der Waals surface area contributed by atoms with Crippen LogP contribution in [0.25, 0.3) is 0 Å². The molecule has 0 aliphatic heterocycles. The van der Waals surface area contributed by atoms with E-state index in [9.17, 15) is 13.2 Å². The molecule has 0 bridgehead atoms. The summed E-state index contributed by atoms with van der Waals surface area (Å²) >= 11 is 0. The van der Waals surface area contributed by atoms with Gasteiger partial charge in [-0.2, -0.15) is 0 Å². The molecule has 19 heavy (non-hydrogen) atoms. The van der Waals surface area contributed by atoms with Gasteiger partial charge in [-0.25, -0.2) is 13.4 Å². The number of nitrogens with one attached hydrogen (secondary N) is 1. The van der Waals surface area contributed by atoms with Crippen LogP contribution in [0.5, 0.6) is 0 Å². The van der Waals surface area contributed by atoms with Gasteiger partial charge in [-0.15, -0.1) is 6.58 Å². The largest absolute Gasteiger partial charge is 0.351 e. The van der Waals surface area contributed by atoms with Crippen molar-refractivity contribution in [2.45, 2.75) is 31.3 Å². The van der Waals surface area contributed by atoms with Crippen molar-refractivity contribution in [2.75, 3.05) is 6.54 Å². The maximum absolute atomic E-state index is 11.8. The van der Waals surface area contributed by atoms with Crippen LogP contribution in [0.2, 0.25) is 0 Å². The Labute approximate surface area is 116 Å². The number of imidazole rings is 1. The fourth-order valence-corrected chi connectivity index (χ4v) is 2.25. The van der Waals surface area contributed by atoms with E-state index in [-0.39, 0.29) is 10.9 Å². The lowest BCUT2D eigenvalue weighted by Gasteiger charge is -2.14. The monoisotopic (exact) mass is 305 g/mol. The van der Waals surface area contributed by atoms with Crippen LogP contribution in [-0.2, 0) is 20.3 Å². The number of hydrogen-bond acceptors (Lipinski definition) is 4. The Hall–Kier alpha value is -1.34. The molecule has 0 fully saturated rings. The lowest BCUT2D eigenvalue weighted by Crippen LogP contribution is -2.31. The normalized spacial score (nSPS) is 13.0. The number of nitrogens with zero attached hydrogens (tertiary/aromatic N) is 2. The Balaban J connectivity index is 3.08. The molecule has 0 radical (unpaired) electrons. The molecule has 0 aliphatic carbocycles. The Bertz CT molecular complexity index is 580. The lowest BCUT2D eigenvalue weighted by molar-refractivity contribution is -0.123. The third kappa shape index (κ3) is 3.81. The van der Waals surface area contributed by atoms with Crippen LogP contribution in [0.4, 0.5) is 0 Å². The van der Waals surface area contributed by atoms with E-state index in [2.05, 4.69) is 16.9 Å². The van der Waals surface area contributed by atoms with Gasteiger partial charge in [-0.05, 0) is 6.92 Å². The van der Waals surface area contributed by atoms with Crippen molar-refractivity contribution in [3.63, 3.8) is 0 Å². The molecule has 8 heteroatoms. The summed E-state index contributed by atoms with van der Waals surface area (Å²) in [5, 5.41) is 2.40. The second-order valence-corrected chi connectivity index (χ2v) is 6.42. The van der Waals surface area contributed by atoms with Crippen molar-refractivity contribution < 1.29 is 13.2 Å². The fraction of sp³-hybridized carbons (Fsp3) is 0.455. The van der Waals surface area contributed by atoms with Crippen molar-refractivity contribution in [3.05, 3.63) is 24.7 Å². The fourth-order valence-electron chi connectivity index (χ4n) is 1.57. The average Bonchev–Trinajstić information content (AvgIpc) is 2.78. The molecule has 1 heterocycles. The van der Waals surface area contributed by atoms with E-state index in [1.807, 2.05) is 6.92 Å². The first-order valence-corrected chi connectivity index (χ1v) is 8.03. The summed E-state index contributed by atoms with van der Waals surface area (Å²) in [5.74, 6) is 0.242. The van der Waals surface area contributed by atoms with Gasteiger partial charge in [0.05, 0.1) is 0 Å². The minimum Gasteiger partial charge on any atom is -0.351 e. The molecule has 106 valence electrons. The van der Waals surface area contributed by atoms with Crippen molar-refractivity contribution in [3.8, 4) is 0 Å². The number of carbonyl (C=O) groups is 1. The van der Waals surface area contributed by atoms with Gasteiger partial charge in [0.1, 0.15) is 11.9 Å². The van der Waals surface area contributed by atoms with E-state index < -0.39 is 15.1 Å². The molecular formula is C11H16ClN3O3S. The van der Waals surface area contributed by atoms with Crippen molar-refractivity contribution in [1.82, 2.24) is 14.9 Å². The maximum Gasteiger partial charge on any atom is 0.280 e. The zero-order valence-electron chi connectivity index (χ0n) is 10.8. The first-order chi connectivity index (χ1) is 8.81. The van der Waals surface area contributed by atoms with E-state index in [0.29, 0.717) is 18.8 Å². The quantitative estimate of drug-likeness (QED) is 0.633. The number of hydrogen-bond donors (Lipinski definition) is 1. The van der Waals surface area contributed by atoms with E-state index in [1.54, 1.807) is 13.0 Å². The first kappa shape index (κ1) is 15.7.